The zero-order chi connectivity index (χ0) is 14.4. The highest BCUT2D eigenvalue weighted by atomic mass is 15.2. The number of para-hydroxylation sites is 1. The van der Waals surface area contributed by atoms with Crippen molar-refractivity contribution in [3.8, 4) is 0 Å². The molecular weight excluding hydrogens is 244 g/mol. The highest BCUT2D eigenvalue weighted by Crippen LogP contribution is 2.36. The first kappa shape index (κ1) is 15.1. The molecule has 0 aliphatic heterocycles. The van der Waals surface area contributed by atoms with E-state index in [2.05, 4.69) is 54.9 Å². The minimum atomic E-state index is 0.456. The Labute approximate surface area is 123 Å². The Morgan fingerprint density at radius 3 is 2.70 bits per heavy atom. The van der Waals surface area contributed by atoms with Crippen molar-refractivity contribution in [2.24, 2.45) is 0 Å². The first-order valence-electron chi connectivity index (χ1n) is 8.01. The Bertz CT molecular complexity index is 423. The molecule has 0 aromatic heterocycles. The third kappa shape index (κ3) is 3.63. The molecular formula is C18H28N2. The van der Waals surface area contributed by atoms with Gasteiger partial charge >= 0.3 is 0 Å². The molecule has 1 aliphatic rings. The van der Waals surface area contributed by atoms with Gasteiger partial charge in [0.05, 0.1) is 0 Å². The van der Waals surface area contributed by atoms with Crippen molar-refractivity contribution < 1.29 is 0 Å². The molecule has 0 spiro atoms. The second-order valence-electron chi connectivity index (χ2n) is 5.65. The Kier molecular flexibility index (Phi) is 5.66. The molecule has 1 unspecified atom stereocenters. The Morgan fingerprint density at radius 2 is 2.10 bits per heavy atom. The summed E-state index contributed by atoms with van der Waals surface area (Å²) in [6.07, 6.45) is 6.97. The molecule has 2 rings (SSSR count). The molecule has 2 heteroatoms. The number of hydrogen-bond donors (Lipinski definition) is 1. The van der Waals surface area contributed by atoms with Crippen LogP contribution in [0.1, 0.15) is 51.1 Å². The monoisotopic (exact) mass is 272 g/mol. The van der Waals surface area contributed by atoms with E-state index in [1.165, 1.54) is 30.5 Å². The van der Waals surface area contributed by atoms with Gasteiger partial charge in [0.2, 0.25) is 0 Å². The third-order valence-electron chi connectivity index (χ3n) is 3.98. The van der Waals surface area contributed by atoms with Crippen LogP contribution >= 0.6 is 0 Å². The second-order valence-corrected chi connectivity index (χ2v) is 5.65. The first-order valence-corrected chi connectivity index (χ1v) is 8.01. The largest absolute Gasteiger partial charge is 0.365 e. The fraction of sp³-hybridized carbons (Fsp3) is 0.556. The van der Waals surface area contributed by atoms with Crippen LogP contribution in [-0.2, 0) is 0 Å². The SMILES string of the molecule is C=CCN(c1ccccc1C(CC)NCCC)C1CC1. The number of rotatable bonds is 9. The Hall–Kier alpha value is -1.28. The summed E-state index contributed by atoms with van der Waals surface area (Å²) in [6, 6.07) is 10.0. The van der Waals surface area contributed by atoms with Crippen LogP contribution in [0.5, 0.6) is 0 Å². The van der Waals surface area contributed by atoms with Crippen LogP contribution in [-0.4, -0.2) is 19.1 Å². The molecule has 0 heterocycles. The highest BCUT2D eigenvalue weighted by molar-refractivity contribution is 5.57. The van der Waals surface area contributed by atoms with Crippen molar-refractivity contribution in [2.45, 2.75) is 51.6 Å². The summed E-state index contributed by atoms with van der Waals surface area (Å²) in [5, 5.41) is 3.68. The van der Waals surface area contributed by atoms with Crippen LogP contribution in [0.15, 0.2) is 36.9 Å². The van der Waals surface area contributed by atoms with E-state index in [0.29, 0.717) is 6.04 Å². The summed E-state index contributed by atoms with van der Waals surface area (Å²) in [5.41, 5.74) is 2.84. The van der Waals surface area contributed by atoms with Gasteiger partial charge in [-0.2, -0.15) is 0 Å². The van der Waals surface area contributed by atoms with Gasteiger partial charge in [0.15, 0.2) is 0 Å². The minimum Gasteiger partial charge on any atom is -0.365 e. The maximum absolute atomic E-state index is 3.92. The standard InChI is InChI=1S/C18H28N2/c1-4-13-19-17(6-3)16-9-7-8-10-18(16)20(14-5-2)15-11-12-15/h5,7-10,15,17,19H,2,4,6,11-14H2,1,3H3. The van der Waals surface area contributed by atoms with E-state index in [9.17, 15) is 0 Å². The first-order chi connectivity index (χ1) is 9.81. The molecule has 1 aromatic carbocycles. The molecule has 20 heavy (non-hydrogen) atoms. The van der Waals surface area contributed by atoms with Gasteiger partial charge in [0.25, 0.3) is 0 Å². The lowest BCUT2D eigenvalue weighted by atomic mass is 10.0. The van der Waals surface area contributed by atoms with E-state index in [1.807, 2.05) is 6.08 Å². The molecule has 0 saturated heterocycles. The van der Waals surface area contributed by atoms with E-state index < -0.39 is 0 Å². The van der Waals surface area contributed by atoms with E-state index in [0.717, 1.165) is 25.6 Å². The van der Waals surface area contributed by atoms with Crippen molar-refractivity contribution >= 4 is 5.69 Å². The van der Waals surface area contributed by atoms with Crippen LogP contribution in [0.4, 0.5) is 5.69 Å². The molecule has 1 fully saturated rings. The van der Waals surface area contributed by atoms with E-state index in [-0.39, 0.29) is 0 Å². The number of hydrogen-bond acceptors (Lipinski definition) is 2. The highest BCUT2D eigenvalue weighted by Gasteiger charge is 2.30. The van der Waals surface area contributed by atoms with Gasteiger partial charge in [0, 0.05) is 24.3 Å². The van der Waals surface area contributed by atoms with Crippen LogP contribution in [0, 0.1) is 0 Å². The van der Waals surface area contributed by atoms with Gasteiger partial charge in [-0.15, -0.1) is 6.58 Å². The van der Waals surface area contributed by atoms with Gasteiger partial charge in [-0.25, -0.2) is 0 Å². The topological polar surface area (TPSA) is 15.3 Å². The molecule has 1 aromatic rings. The summed E-state index contributed by atoms with van der Waals surface area (Å²) in [6.45, 7) is 10.4. The van der Waals surface area contributed by atoms with Crippen molar-refractivity contribution in [2.75, 3.05) is 18.0 Å². The van der Waals surface area contributed by atoms with Gasteiger partial charge in [-0.05, 0) is 43.9 Å². The van der Waals surface area contributed by atoms with Crippen LogP contribution in [0.25, 0.3) is 0 Å². The molecule has 1 aliphatic carbocycles. The summed E-state index contributed by atoms with van der Waals surface area (Å²) in [4.78, 5) is 2.53. The molecule has 0 amide bonds. The lowest BCUT2D eigenvalue weighted by molar-refractivity contribution is 0.517. The number of nitrogens with zero attached hydrogens (tertiary/aromatic N) is 1. The molecule has 2 nitrogen and oxygen atoms in total. The summed E-state index contributed by atoms with van der Waals surface area (Å²) >= 11 is 0. The number of benzene rings is 1. The van der Waals surface area contributed by atoms with Gasteiger partial charge in [0.1, 0.15) is 0 Å². The average molecular weight is 272 g/mol. The molecule has 1 atom stereocenters. The van der Waals surface area contributed by atoms with Gasteiger partial charge < -0.3 is 10.2 Å². The van der Waals surface area contributed by atoms with E-state index in [4.69, 9.17) is 0 Å². The quantitative estimate of drug-likeness (QED) is 0.675. The maximum Gasteiger partial charge on any atom is 0.0420 e. The van der Waals surface area contributed by atoms with Crippen molar-refractivity contribution in [1.29, 1.82) is 0 Å². The normalized spacial score (nSPS) is 15.9. The van der Waals surface area contributed by atoms with Crippen molar-refractivity contribution in [1.82, 2.24) is 5.32 Å². The maximum atomic E-state index is 3.92. The third-order valence-corrected chi connectivity index (χ3v) is 3.98. The molecule has 1 saturated carbocycles. The molecule has 0 radical (unpaired) electrons. The van der Waals surface area contributed by atoms with Crippen molar-refractivity contribution in [3.63, 3.8) is 0 Å². The Balaban J connectivity index is 2.25. The summed E-state index contributed by atoms with van der Waals surface area (Å²) in [7, 11) is 0. The number of anilines is 1. The lowest BCUT2D eigenvalue weighted by Gasteiger charge is -2.29. The van der Waals surface area contributed by atoms with Crippen LogP contribution < -0.4 is 10.2 Å². The van der Waals surface area contributed by atoms with Gasteiger partial charge in [-0.1, -0.05) is 38.1 Å². The van der Waals surface area contributed by atoms with Crippen molar-refractivity contribution in [3.05, 3.63) is 42.5 Å². The minimum absolute atomic E-state index is 0.456. The number of nitrogens with one attached hydrogen (secondary N) is 1. The zero-order valence-electron chi connectivity index (χ0n) is 12.9. The predicted octanol–water partition coefficient (Wildman–Crippen LogP) is 4.29. The van der Waals surface area contributed by atoms with Gasteiger partial charge in [-0.3, -0.25) is 0 Å². The fourth-order valence-electron chi connectivity index (χ4n) is 2.81. The van der Waals surface area contributed by atoms with Crippen LogP contribution in [0.3, 0.4) is 0 Å². The average Bonchev–Trinajstić information content (AvgIpc) is 3.31. The molecule has 0 bridgehead atoms. The lowest BCUT2D eigenvalue weighted by Crippen LogP contribution is -2.29. The summed E-state index contributed by atoms with van der Waals surface area (Å²) in [5.74, 6) is 0. The van der Waals surface area contributed by atoms with E-state index >= 15 is 0 Å². The molecule has 1 N–H and O–H groups in total. The van der Waals surface area contributed by atoms with Crippen LogP contribution in [0.2, 0.25) is 0 Å². The zero-order valence-corrected chi connectivity index (χ0v) is 12.9. The Morgan fingerprint density at radius 1 is 1.35 bits per heavy atom. The summed E-state index contributed by atoms with van der Waals surface area (Å²) < 4.78 is 0. The second kappa shape index (κ2) is 7.49. The van der Waals surface area contributed by atoms with E-state index in [1.54, 1.807) is 0 Å². The smallest absolute Gasteiger partial charge is 0.0420 e. The predicted molar refractivity (Wildman–Crippen MR) is 88.3 cm³/mol. The molecule has 110 valence electrons. The fourth-order valence-corrected chi connectivity index (χ4v) is 2.81.